The molecular weight excluding hydrogens is 376 g/mol. The van der Waals surface area contributed by atoms with E-state index in [1.807, 2.05) is 36.4 Å². The van der Waals surface area contributed by atoms with E-state index in [-0.39, 0.29) is 10.9 Å². The van der Waals surface area contributed by atoms with Crippen molar-refractivity contribution in [2.45, 2.75) is 30.6 Å². The van der Waals surface area contributed by atoms with Gasteiger partial charge in [-0.1, -0.05) is 56.5 Å². The lowest BCUT2D eigenvalue weighted by Gasteiger charge is -2.40. The van der Waals surface area contributed by atoms with Crippen LogP contribution in [0.3, 0.4) is 0 Å². The van der Waals surface area contributed by atoms with E-state index in [1.54, 1.807) is 18.2 Å². The van der Waals surface area contributed by atoms with Crippen LogP contribution in [0.25, 0.3) is 11.1 Å². The van der Waals surface area contributed by atoms with Crippen LogP contribution in [-0.4, -0.2) is 6.10 Å². The Morgan fingerprint density at radius 2 is 2.03 bits per heavy atom. The van der Waals surface area contributed by atoms with Crippen molar-refractivity contribution in [1.82, 2.24) is 0 Å². The highest BCUT2D eigenvalue weighted by atomic mass is 32.2. The van der Waals surface area contributed by atoms with Gasteiger partial charge in [-0.3, -0.25) is 0 Å². The van der Waals surface area contributed by atoms with Crippen molar-refractivity contribution >= 4 is 11.8 Å². The van der Waals surface area contributed by atoms with Gasteiger partial charge in [-0.2, -0.15) is 10.5 Å². The molecule has 0 fully saturated rings. The first-order chi connectivity index (χ1) is 14.1. The first-order valence-corrected chi connectivity index (χ1v) is 10.3. The molecule has 0 bridgehead atoms. The van der Waals surface area contributed by atoms with E-state index in [1.165, 1.54) is 11.8 Å². The molecule has 2 aromatic rings. The van der Waals surface area contributed by atoms with Crippen LogP contribution in [0.5, 0.6) is 5.75 Å². The Balaban J connectivity index is 2.14. The summed E-state index contributed by atoms with van der Waals surface area (Å²) in [6.45, 7) is 9.79. The zero-order valence-corrected chi connectivity index (χ0v) is 17.2. The van der Waals surface area contributed by atoms with E-state index in [0.717, 1.165) is 34.4 Å². The standard InChI is InChI=1S/C25H22N2OS/c1-4-8-19(5-2)24-15-25(6-3,29-17-27)22-14-21(11-12-23(22)28-24)20-10-7-9-18(13-20)16-26/h4-5,7-14,24H,1-2,6,15H2,3H3/b19-8+. The van der Waals surface area contributed by atoms with Gasteiger partial charge in [-0.15, -0.1) is 0 Å². The Bertz CT molecular complexity index is 1060. The number of allylic oxidation sites excluding steroid dienone is 2. The minimum atomic E-state index is -0.390. The molecule has 2 unspecified atom stereocenters. The quantitative estimate of drug-likeness (QED) is 0.412. The van der Waals surface area contributed by atoms with Crippen molar-refractivity contribution < 1.29 is 4.74 Å². The molecule has 0 spiro atoms. The predicted molar refractivity (Wildman–Crippen MR) is 119 cm³/mol. The molecular formula is C25H22N2OS. The Morgan fingerprint density at radius 3 is 2.69 bits per heavy atom. The zero-order valence-electron chi connectivity index (χ0n) is 16.4. The van der Waals surface area contributed by atoms with E-state index >= 15 is 0 Å². The number of fused-ring (bicyclic) bond motifs is 1. The summed E-state index contributed by atoms with van der Waals surface area (Å²) in [6, 6.07) is 15.8. The number of thioether (sulfide) groups is 1. The molecule has 0 saturated carbocycles. The van der Waals surface area contributed by atoms with Crippen LogP contribution >= 0.6 is 11.8 Å². The number of ether oxygens (including phenoxy) is 1. The Labute approximate surface area is 176 Å². The summed E-state index contributed by atoms with van der Waals surface area (Å²) in [5.74, 6) is 0.780. The van der Waals surface area contributed by atoms with Crippen LogP contribution in [0.15, 0.2) is 79.4 Å². The lowest BCUT2D eigenvalue weighted by atomic mass is 9.83. The Kier molecular flexibility index (Phi) is 6.27. The van der Waals surface area contributed by atoms with Gasteiger partial charge in [-0.05, 0) is 59.1 Å². The summed E-state index contributed by atoms with van der Waals surface area (Å²) >= 11 is 1.29. The molecule has 0 aliphatic carbocycles. The maximum atomic E-state index is 9.57. The average Bonchev–Trinajstić information content (AvgIpc) is 2.77. The fourth-order valence-corrected chi connectivity index (χ4v) is 4.58. The van der Waals surface area contributed by atoms with E-state index in [2.05, 4.69) is 37.6 Å². The molecule has 0 radical (unpaired) electrons. The fraction of sp³-hybridized carbons (Fsp3) is 0.200. The number of benzene rings is 2. The van der Waals surface area contributed by atoms with E-state index in [4.69, 9.17) is 4.74 Å². The van der Waals surface area contributed by atoms with Crippen molar-refractivity contribution in [3.63, 3.8) is 0 Å². The van der Waals surface area contributed by atoms with Crippen LogP contribution < -0.4 is 4.74 Å². The van der Waals surface area contributed by atoms with Crippen molar-refractivity contribution in [2.75, 3.05) is 0 Å². The van der Waals surface area contributed by atoms with Gasteiger partial charge in [0.2, 0.25) is 0 Å². The second-order valence-electron chi connectivity index (χ2n) is 6.86. The minimum absolute atomic E-state index is 0.188. The van der Waals surface area contributed by atoms with Crippen LogP contribution in [0.2, 0.25) is 0 Å². The maximum Gasteiger partial charge on any atom is 0.134 e. The molecule has 144 valence electrons. The second kappa shape index (κ2) is 8.86. The monoisotopic (exact) mass is 398 g/mol. The molecule has 3 nitrogen and oxygen atoms in total. The molecule has 0 aromatic heterocycles. The zero-order chi connectivity index (χ0) is 20.9. The molecule has 1 aliphatic rings. The molecule has 0 saturated heterocycles. The molecule has 3 rings (SSSR count). The number of thiocyanates is 1. The maximum absolute atomic E-state index is 9.57. The second-order valence-corrected chi connectivity index (χ2v) is 8.03. The minimum Gasteiger partial charge on any atom is -0.485 e. The van der Waals surface area contributed by atoms with E-state index < -0.39 is 0 Å². The summed E-state index contributed by atoms with van der Waals surface area (Å²) in [4.78, 5) is 0. The van der Waals surface area contributed by atoms with Gasteiger partial charge in [0, 0.05) is 12.0 Å². The summed E-state index contributed by atoms with van der Waals surface area (Å²) in [7, 11) is 0. The van der Waals surface area contributed by atoms with Crippen LogP contribution in [0, 0.1) is 22.0 Å². The molecule has 2 aromatic carbocycles. The summed E-state index contributed by atoms with van der Waals surface area (Å²) in [5.41, 5.74) is 4.57. The number of hydrogen-bond donors (Lipinski definition) is 0. The number of nitrogens with zero attached hydrogens (tertiary/aromatic N) is 2. The molecule has 1 aliphatic heterocycles. The van der Waals surface area contributed by atoms with Gasteiger partial charge >= 0.3 is 0 Å². The molecule has 1 heterocycles. The van der Waals surface area contributed by atoms with Crippen molar-refractivity contribution in [1.29, 1.82) is 10.5 Å². The summed E-state index contributed by atoms with van der Waals surface area (Å²) in [6.07, 6.45) is 6.69. The SMILES string of the molecule is C=C/C=C(\C=C)C1CC(CC)(SC#N)c2cc(-c3cccc(C#N)c3)ccc2O1. The normalized spacial score (nSPS) is 20.5. The third-order valence-electron chi connectivity index (χ3n) is 5.31. The third kappa shape index (κ3) is 3.99. The third-order valence-corrected chi connectivity index (χ3v) is 6.47. The molecule has 0 amide bonds. The van der Waals surface area contributed by atoms with E-state index in [9.17, 15) is 10.5 Å². The van der Waals surface area contributed by atoms with Gasteiger partial charge in [-0.25, -0.2) is 0 Å². The highest BCUT2D eigenvalue weighted by Gasteiger charge is 2.42. The Hall–Kier alpha value is -3.21. The molecule has 4 heteroatoms. The van der Waals surface area contributed by atoms with Crippen LogP contribution in [-0.2, 0) is 4.75 Å². The fourth-order valence-electron chi connectivity index (χ4n) is 3.76. The van der Waals surface area contributed by atoms with Gasteiger partial charge in [0.25, 0.3) is 0 Å². The molecule has 2 atom stereocenters. The molecule has 0 N–H and O–H groups in total. The van der Waals surface area contributed by atoms with Crippen molar-refractivity contribution in [3.8, 4) is 28.3 Å². The van der Waals surface area contributed by atoms with Crippen LogP contribution in [0.4, 0.5) is 0 Å². The van der Waals surface area contributed by atoms with Gasteiger partial charge in [0.15, 0.2) is 0 Å². The summed E-state index contributed by atoms with van der Waals surface area (Å²) in [5, 5.41) is 21.1. The van der Waals surface area contributed by atoms with E-state index in [0.29, 0.717) is 12.0 Å². The van der Waals surface area contributed by atoms with Crippen molar-refractivity contribution in [2.24, 2.45) is 0 Å². The van der Waals surface area contributed by atoms with Gasteiger partial charge < -0.3 is 4.74 Å². The predicted octanol–water partition coefficient (Wildman–Crippen LogP) is 6.49. The smallest absolute Gasteiger partial charge is 0.134 e. The van der Waals surface area contributed by atoms with Crippen molar-refractivity contribution in [3.05, 3.63) is 90.6 Å². The van der Waals surface area contributed by atoms with Crippen LogP contribution in [0.1, 0.15) is 30.9 Å². The Morgan fingerprint density at radius 1 is 1.24 bits per heavy atom. The lowest BCUT2D eigenvalue weighted by Crippen LogP contribution is -2.36. The highest BCUT2D eigenvalue weighted by Crippen LogP contribution is 2.52. The molecule has 29 heavy (non-hydrogen) atoms. The van der Waals surface area contributed by atoms with Gasteiger partial charge in [0.05, 0.1) is 16.4 Å². The lowest BCUT2D eigenvalue weighted by molar-refractivity contribution is 0.182. The first-order valence-electron chi connectivity index (χ1n) is 9.44. The number of rotatable bonds is 6. The average molecular weight is 399 g/mol. The largest absolute Gasteiger partial charge is 0.485 e. The first kappa shape index (κ1) is 20.5. The number of nitriles is 2. The van der Waals surface area contributed by atoms with Gasteiger partial charge in [0.1, 0.15) is 17.3 Å². The topological polar surface area (TPSA) is 56.8 Å². The summed E-state index contributed by atoms with van der Waals surface area (Å²) < 4.78 is 5.92. The number of hydrogen-bond acceptors (Lipinski definition) is 4. The highest BCUT2D eigenvalue weighted by molar-refractivity contribution is 8.04.